The monoisotopic (exact) mass is 244 g/mol. The Kier molecular flexibility index (Phi) is 14.0. The molecule has 0 saturated heterocycles. The Labute approximate surface area is 116 Å². The van der Waals surface area contributed by atoms with E-state index in [1.165, 1.54) is 5.56 Å². The molecule has 0 aliphatic rings. The van der Waals surface area contributed by atoms with Crippen LogP contribution < -0.4 is 18.9 Å². The van der Waals surface area contributed by atoms with Gasteiger partial charge in [-0.1, -0.05) is 67.3 Å². The van der Waals surface area contributed by atoms with E-state index in [1.54, 1.807) is 6.08 Å². The van der Waals surface area contributed by atoms with Crippen molar-refractivity contribution in [3.05, 3.63) is 66.8 Å². The molecule has 86 valence electrons. The van der Waals surface area contributed by atoms with Crippen LogP contribution in [-0.4, -0.2) is 4.55 Å². The minimum absolute atomic E-state index is 0. The molecule has 0 saturated carbocycles. The Morgan fingerprint density at radius 3 is 2.06 bits per heavy atom. The van der Waals surface area contributed by atoms with Gasteiger partial charge in [-0.2, -0.15) is 0 Å². The van der Waals surface area contributed by atoms with Gasteiger partial charge < -0.3 is 13.0 Å². The van der Waals surface area contributed by atoms with Gasteiger partial charge in [-0.05, 0) is 5.56 Å². The Morgan fingerprint density at radius 2 is 1.59 bits per heavy atom. The zero-order valence-corrected chi connectivity index (χ0v) is 10.5. The molecule has 0 bridgehead atoms. The Morgan fingerprint density at radius 1 is 1.06 bits per heavy atom. The van der Waals surface area contributed by atoms with E-state index in [4.69, 9.17) is 13.0 Å². The summed E-state index contributed by atoms with van der Waals surface area (Å²) in [5.41, 5.74) is 1.21. The van der Waals surface area contributed by atoms with Gasteiger partial charge in [0.15, 0.2) is 0 Å². The maximum atomic E-state index is 8.56. The van der Waals surface area contributed by atoms with Crippen LogP contribution in [0.3, 0.4) is 0 Å². The van der Waals surface area contributed by atoms with Crippen molar-refractivity contribution in [2.75, 3.05) is 0 Å². The average molecular weight is 244 g/mol. The minimum atomic E-state index is -2.86. The number of hydrogen-bond donors (Lipinski definition) is 1. The van der Waals surface area contributed by atoms with Crippen LogP contribution in [-0.2, 0) is 19.4 Å². The molecular weight excluding hydrogens is 231 g/mol. The van der Waals surface area contributed by atoms with Crippen LogP contribution in [0.5, 0.6) is 0 Å². The zero-order valence-electron chi connectivity index (χ0n) is 9.65. The van der Waals surface area contributed by atoms with E-state index in [0.29, 0.717) is 0 Å². The summed E-state index contributed by atoms with van der Waals surface area (Å²) < 4.78 is 24.1. The first kappa shape index (κ1) is 18.3. The molecule has 0 aromatic heterocycles. The molecule has 0 fully saturated rings. The number of benzene rings is 1. The second-order valence-corrected chi connectivity index (χ2v) is 3.04. The Hall–Kier alpha value is -1.05. The average Bonchev–Trinajstić information content (AvgIpc) is 2.25. The Balaban J connectivity index is 0. The van der Waals surface area contributed by atoms with E-state index in [2.05, 4.69) is 24.8 Å². The van der Waals surface area contributed by atoms with E-state index in [1.807, 2.05) is 36.4 Å². The maximum Gasteiger partial charge on any atom is 1.00 e. The van der Waals surface area contributed by atoms with Gasteiger partial charge in [-0.15, -0.1) is 0 Å². The maximum absolute atomic E-state index is 8.56. The summed E-state index contributed by atoms with van der Waals surface area (Å²) in [4.78, 5) is 0. The van der Waals surface area contributed by atoms with Crippen LogP contribution in [0.1, 0.15) is 5.56 Å². The van der Waals surface area contributed by atoms with Crippen molar-refractivity contribution in [3.63, 3.8) is 0 Å². The van der Waals surface area contributed by atoms with E-state index in [9.17, 15) is 0 Å². The topological polar surface area (TPSA) is 54.4 Å². The quantitative estimate of drug-likeness (QED) is 0.272. The van der Waals surface area contributed by atoms with Crippen LogP contribution in [0.2, 0.25) is 0 Å². The van der Waals surface area contributed by atoms with Gasteiger partial charge >= 0.3 is 18.9 Å². The fourth-order valence-electron chi connectivity index (χ4n) is 0.874. The molecule has 0 amide bonds. The van der Waals surface area contributed by atoms with Crippen molar-refractivity contribution in [3.8, 4) is 0 Å². The van der Waals surface area contributed by atoms with Gasteiger partial charge in [0, 0.05) is 11.0 Å². The van der Waals surface area contributed by atoms with Crippen molar-refractivity contribution >= 4 is 17.1 Å². The first-order valence-electron chi connectivity index (χ1n) is 4.46. The molecule has 0 radical (unpaired) electrons. The summed E-state index contributed by atoms with van der Waals surface area (Å²) in [5, 5.41) is 0. The number of hydrogen-bond acceptors (Lipinski definition) is 3. The van der Waals surface area contributed by atoms with E-state index in [-0.39, 0.29) is 18.9 Å². The van der Waals surface area contributed by atoms with Gasteiger partial charge in [0.25, 0.3) is 0 Å². The molecule has 1 N–H and O–H groups in total. The van der Waals surface area contributed by atoms with Crippen molar-refractivity contribution in [2.24, 2.45) is 0 Å². The second-order valence-electron chi connectivity index (χ2n) is 2.61. The second kappa shape index (κ2) is 13.0. The molecule has 17 heavy (non-hydrogen) atoms. The molecule has 1 aromatic rings. The van der Waals surface area contributed by atoms with Crippen LogP contribution >= 0.6 is 0 Å². The van der Waals surface area contributed by atoms with Gasteiger partial charge in [-0.3, -0.25) is 0 Å². The predicted octanol–water partition coefficient (Wildman–Crippen LogP) is 0.215. The molecule has 0 atom stereocenters. The largest absolute Gasteiger partial charge is 1.00 e. The van der Waals surface area contributed by atoms with E-state index in [0.717, 1.165) is 0 Å². The minimum Gasteiger partial charge on any atom is -0.439 e. The van der Waals surface area contributed by atoms with Crippen molar-refractivity contribution in [2.45, 2.75) is 0 Å². The smallest absolute Gasteiger partial charge is 0.439 e. The number of rotatable bonds is 3. The van der Waals surface area contributed by atoms with Gasteiger partial charge in [0.1, 0.15) is 0 Å². The van der Waals surface area contributed by atoms with Crippen LogP contribution in [0.4, 0.5) is 0 Å². The Bertz CT molecular complexity index is 415. The molecule has 0 aliphatic carbocycles. The standard InChI is InChI=1S/C12H12.Li.HO3S/c1-2-3-4-6-9-12-10-7-5-8-11-12;;1-4(2)3/h2-11H,1H2;;(H,1,2,3)/q;+1;-1. The van der Waals surface area contributed by atoms with Crippen LogP contribution in [0.25, 0.3) is 6.08 Å². The third-order valence-electron chi connectivity index (χ3n) is 1.45. The molecule has 0 unspecified atom stereocenters. The summed E-state index contributed by atoms with van der Waals surface area (Å²) in [6, 6.07) is 10.2. The van der Waals surface area contributed by atoms with Crippen LogP contribution in [0.15, 0.2) is 61.2 Å². The van der Waals surface area contributed by atoms with Crippen molar-refractivity contribution in [1.29, 1.82) is 0 Å². The summed E-state index contributed by atoms with van der Waals surface area (Å²) >= 11 is 0. The molecule has 0 spiro atoms. The SMILES string of the molecule is C=CC=CC=Cc1ccccc1.O=[S-](=O)O.[Li+]. The van der Waals surface area contributed by atoms with E-state index < -0.39 is 11.0 Å². The fraction of sp³-hybridized carbons (Fsp3) is 0. The first-order valence-corrected chi connectivity index (χ1v) is 5.49. The van der Waals surface area contributed by atoms with Gasteiger partial charge in [-0.25, -0.2) is 0 Å². The number of allylic oxidation sites excluding steroid dienone is 4. The molecule has 1 rings (SSSR count). The molecular formula is C12H13LiO3S. The van der Waals surface area contributed by atoms with Gasteiger partial charge in [0.2, 0.25) is 0 Å². The predicted molar refractivity (Wildman–Crippen MR) is 66.2 cm³/mol. The van der Waals surface area contributed by atoms with Crippen LogP contribution in [0, 0.1) is 0 Å². The van der Waals surface area contributed by atoms with Crippen molar-refractivity contribution < 1.29 is 31.8 Å². The fourth-order valence-corrected chi connectivity index (χ4v) is 0.874. The molecule has 5 heteroatoms. The van der Waals surface area contributed by atoms with Crippen molar-refractivity contribution in [1.82, 2.24) is 0 Å². The zero-order chi connectivity index (χ0) is 12.2. The molecule has 0 aliphatic heterocycles. The van der Waals surface area contributed by atoms with E-state index >= 15 is 0 Å². The summed E-state index contributed by atoms with van der Waals surface area (Å²) in [6.07, 6.45) is 9.67. The summed E-state index contributed by atoms with van der Waals surface area (Å²) in [5.74, 6) is 0. The molecule has 1 aromatic carbocycles. The molecule has 3 nitrogen and oxygen atoms in total. The van der Waals surface area contributed by atoms with Gasteiger partial charge in [0.05, 0.1) is 0 Å². The third-order valence-corrected chi connectivity index (χ3v) is 1.45. The summed E-state index contributed by atoms with van der Waals surface area (Å²) in [7, 11) is -2.86. The molecule has 0 heterocycles. The first-order chi connectivity index (χ1) is 7.66. The third kappa shape index (κ3) is 14.9. The summed E-state index contributed by atoms with van der Waals surface area (Å²) in [6.45, 7) is 3.58. The normalized spacial score (nSPS) is 9.76.